The van der Waals surface area contributed by atoms with Crippen LogP contribution in [0.4, 0.5) is 13.9 Å². The van der Waals surface area contributed by atoms with Crippen molar-refractivity contribution in [2.45, 2.75) is 13.3 Å². The van der Waals surface area contributed by atoms with Crippen LogP contribution < -0.4 is 4.90 Å². The number of aryl methyl sites for hydroxylation is 1. The first-order valence-corrected chi connectivity index (χ1v) is 9.65. The zero-order valence-corrected chi connectivity index (χ0v) is 15.7. The zero-order chi connectivity index (χ0) is 19.0. The van der Waals surface area contributed by atoms with E-state index in [2.05, 4.69) is 4.98 Å². The standard InChI is InChI=1S/C20H19F2N3OS/c1-13-3-2-4-14(9-13)10-18(26)24-5-7-25(8-6-24)20-23-19-16(22)11-15(21)12-17(19)27-20/h2-4,9,11-12H,5-8,10H2,1H3. The maximum atomic E-state index is 13.9. The van der Waals surface area contributed by atoms with Crippen LogP contribution in [0.25, 0.3) is 10.2 Å². The molecule has 4 nitrogen and oxygen atoms in total. The van der Waals surface area contributed by atoms with E-state index in [4.69, 9.17) is 0 Å². The van der Waals surface area contributed by atoms with Crippen molar-refractivity contribution in [2.24, 2.45) is 0 Å². The van der Waals surface area contributed by atoms with Crippen molar-refractivity contribution in [2.75, 3.05) is 31.1 Å². The maximum absolute atomic E-state index is 13.9. The van der Waals surface area contributed by atoms with E-state index in [0.29, 0.717) is 42.4 Å². The Labute approximate surface area is 160 Å². The van der Waals surface area contributed by atoms with Gasteiger partial charge in [-0.1, -0.05) is 41.2 Å². The fraction of sp³-hybridized carbons (Fsp3) is 0.300. The normalized spacial score (nSPS) is 14.8. The molecule has 1 aliphatic heterocycles. The van der Waals surface area contributed by atoms with Gasteiger partial charge in [0.05, 0.1) is 11.1 Å². The van der Waals surface area contributed by atoms with Crippen LogP contribution in [0.1, 0.15) is 11.1 Å². The van der Waals surface area contributed by atoms with E-state index in [1.54, 1.807) is 0 Å². The smallest absolute Gasteiger partial charge is 0.227 e. The number of amides is 1. The lowest BCUT2D eigenvalue weighted by Crippen LogP contribution is -2.49. The molecule has 1 aromatic heterocycles. The van der Waals surface area contributed by atoms with Gasteiger partial charge in [0.25, 0.3) is 0 Å². The van der Waals surface area contributed by atoms with Crippen LogP contribution in [0.2, 0.25) is 0 Å². The summed E-state index contributed by atoms with van der Waals surface area (Å²) < 4.78 is 27.7. The van der Waals surface area contributed by atoms with Crippen LogP contribution >= 0.6 is 11.3 Å². The van der Waals surface area contributed by atoms with Crippen LogP contribution in [-0.2, 0) is 11.2 Å². The first kappa shape index (κ1) is 17.9. The summed E-state index contributed by atoms with van der Waals surface area (Å²) in [5, 5.41) is 0.667. The Morgan fingerprint density at radius 3 is 2.67 bits per heavy atom. The number of rotatable bonds is 3. The van der Waals surface area contributed by atoms with Crippen LogP contribution in [0.5, 0.6) is 0 Å². The molecule has 0 bridgehead atoms. The van der Waals surface area contributed by atoms with Crippen molar-refractivity contribution in [3.8, 4) is 0 Å². The Morgan fingerprint density at radius 2 is 1.93 bits per heavy atom. The molecule has 2 heterocycles. The summed E-state index contributed by atoms with van der Waals surface area (Å²) in [7, 11) is 0. The highest BCUT2D eigenvalue weighted by Gasteiger charge is 2.23. The summed E-state index contributed by atoms with van der Waals surface area (Å²) >= 11 is 1.28. The highest BCUT2D eigenvalue weighted by atomic mass is 32.1. The van der Waals surface area contributed by atoms with Gasteiger partial charge in [-0.05, 0) is 18.6 Å². The van der Waals surface area contributed by atoms with E-state index >= 15 is 0 Å². The predicted molar refractivity (Wildman–Crippen MR) is 103 cm³/mol. The highest BCUT2D eigenvalue weighted by Crippen LogP contribution is 2.31. The third kappa shape index (κ3) is 3.78. The third-order valence-corrected chi connectivity index (χ3v) is 5.81. The summed E-state index contributed by atoms with van der Waals surface area (Å²) in [6.07, 6.45) is 0.396. The monoisotopic (exact) mass is 387 g/mol. The van der Waals surface area contributed by atoms with Gasteiger partial charge in [0, 0.05) is 32.2 Å². The minimum Gasteiger partial charge on any atom is -0.345 e. The van der Waals surface area contributed by atoms with Crippen molar-refractivity contribution < 1.29 is 13.6 Å². The number of thiazole rings is 1. The quantitative estimate of drug-likeness (QED) is 0.686. The van der Waals surface area contributed by atoms with Gasteiger partial charge in [-0.25, -0.2) is 13.8 Å². The number of carbonyl (C=O) groups excluding carboxylic acids is 1. The SMILES string of the molecule is Cc1cccc(CC(=O)N2CCN(c3nc4c(F)cc(F)cc4s3)CC2)c1. The molecule has 4 rings (SSSR count). The van der Waals surface area contributed by atoms with Gasteiger partial charge in [-0.3, -0.25) is 4.79 Å². The highest BCUT2D eigenvalue weighted by molar-refractivity contribution is 7.22. The van der Waals surface area contributed by atoms with Gasteiger partial charge in [0.2, 0.25) is 5.91 Å². The van der Waals surface area contributed by atoms with Gasteiger partial charge in [0.1, 0.15) is 11.3 Å². The molecule has 0 saturated carbocycles. The number of hydrogen-bond acceptors (Lipinski definition) is 4. The van der Waals surface area contributed by atoms with Crippen molar-refractivity contribution in [1.29, 1.82) is 0 Å². The second-order valence-electron chi connectivity index (χ2n) is 6.76. The van der Waals surface area contributed by atoms with Crippen LogP contribution in [-0.4, -0.2) is 42.0 Å². The minimum atomic E-state index is -0.639. The van der Waals surface area contributed by atoms with Crippen LogP contribution in [0, 0.1) is 18.6 Å². The van der Waals surface area contributed by atoms with Gasteiger partial charge in [0.15, 0.2) is 10.9 Å². The summed E-state index contributed by atoms with van der Waals surface area (Å²) in [6.45, 7) is 4.46. The Bertz CT molecular complexity index is 996. The van der Waals surface area contributed by atoms with E-state index in [9.17, 15) is 13.6 Å². The maximum Gasteiger partial charge on any atom is 0.227 e. The first-order valence-electron chi connectivity index (χ1n) is 8.83. The molecule has 0 atom stereocenters. The lowest BCUT2D eigenvalue weighted by atomic mass is 10.1. The molecule has 0 N–H and O–H groups in total. The molecule has 0 unspecified atom stereocenters. The van der Waals surface area contributed by atoms with Crippen molar-refractivity contribution in [1.82, 2.24) is 9.88 Å². The van der Waals surface area contributed by atoms with E-state index < -0.39 is 11.6 Å². The third-order valence-electron chi connectivity index (χ3n) is 4.74. The number of fused-ring (bicyclic) bond motifs is 1. The Morgan fingerprint density at radius 1 is 1.15 bits per heavy atom. The number of piperazine rings is 1. The Kier molecular flexibility index (Phi) is 4.78. The van der Waals surface area contributed by atoms with Gasteiger partial charge >= 0.3 is 0 Å². The average molecular weight is 387 g/mol. The van der Waals surface area contributed by atoms with Gasteiger partial charge < -0.3 is 9.80 Å². The second-order valence-corrected chi connectivity index (χ2v) is 7.77. The summed E-state index contributed by atoms with van der Waals surface area (Å²) in [6, 6.07) is 10.1. The van der Waals surface area contributed by atoms with Gasteiger partial charge in [-0.15, -0.1) is 0 Å². The number of carbonyl (C=O) groups is 1. The average Bonchev–Trinajstić information content (AvgIpc) is 3.06. The number of anilines is 1. The molecule has 0 spiro atoms. The Balaban J connectivity index is 1.41. The number of benzene rings is 2. The molecular weight excluding hydrogens is 368 g/mol. The first-order chi connectivity index (χ1) is 13.0. The second kappa shape index (κ2) is 7.23. The molecule has 0 radical (unpaired) electrons. The molecular formula is C20H19F2N3OS. The summed E-state index contributed by atoms with van der Waals surface area (Å²) in [5.41, 5.74) is 2.37. The minimum absolute atomic E-state index is 0.109. The number of nitrogens with zero attached hydrogens (tertiary/aromatic N) is 3. The summed E-state index contributed by atoms with van der Waals surface area (Å²) in [5.74, 6) is -1.13. The molecule has 1 saturated heterocycles. The number of aromatic nitrogens is 1. The summed E-state index contributed by atoms with van der Waals surface area (Å²) in [4.78, 5) is 20.8. The van der Waals surface area contributed by atoms with E-state index in [1.807, 2.05) is 41.0 Å². The lowest BCUT2D eigenvalue weighted by molar-refractivity contribution is -0.130. The van der Waals surface area contributed by atoms with Crippen molar-refractivity contribution in [3.63, 3.8) is 0 Å². The van der Waals surface area contributed by atoms with Crippen LogP contribution in [0.3, 0.4) is 0 Å². The van der Waals surface area contributed by atoms with E-state index in [1.165, 1.54) is 17.4 Å². The van der Waals surface area contributed by atoms with E-state index in [0.717, 1.165) is 17.2 Å². The van der Waals surface area contributed by atoms with Gasteiger partial charge in [-0.2, -0.15) is 0 Å². The topological polar surface area (TPSA) is 36.4 Å². The fourth-order valence-corrected chi connectivity index (χ4v) is 4.39. The molecule has 27 heavy (non-hydrogen) atoms. The number of halogens is 2. The molecule has 140 valence electrons. The fourth-order valence-electron chi connectivity index (χ4n) is 3.34. The van der Waals surface area contributed by atoms with Crippen molar-refractivity contribution in [3.05, 3.63) is 59.2 Å². The molecule has 1 fully saturated rings. The molecule has 3 aromatic rings. The van der Waals surface area contributed by atoms with Crippen molar-refractivity contribution >= 4 is 32.6 Å². The predicted octanol–water partition coefficient (Wildman–Crippen LogP) is 3.77. The molecule has 7 heteroatoms. The largest absolute Gasteiger partial charge is 0.345 e. The Hall–Kier alpha value is -2.54. The number of hydrogen-bond donors (Lipinski definition) is 0. The molecule has 0 aliphatic carbocycles. The van der Waals surface area contributed by atoms with E-state index in [-0.39, 0.29) is 11.4 Å². The molecule has 1 amide bonds. The van der Waals surface area contributed by atoms with Crippen LogP contribution in [0.15, 0.2) is 36.4 Å². The zero-order valence-electron chi connectivity index (χ0n) is 14.9. The lowest BCUT2D eigenvalue weighted by Gasteiger charge is -2.34. The molecule has 2 aromatic carbocycles. The molecule has 1 aliphatic rings.